The molecular weight excluding hydrogens is 258 g/mol. The average molecular weight is 279 g/mol. The second-order valence-electron chi connectivity index (χ2n) is 5.74. The van der Waals surface area contributed by atoms with Crippen molar-refractivity contribution in [3.05, 3.63) is 18.0 Å². The Morgan fingerprint density at radius 2 is 2.20 bits per heavy atom. The van der Waals surface area contributed by atoms with Crippen LogP contribution in [0.3, 0.4) is 0 Å². The van der Waals surface area contributed by atoms with E-state index in [0.29, 0.717) is 0 Å². The van der Waals surface area contributed by atoms with E-state index in [4.69, 9.17) is 4.52 Å². The molecule has 1 aliphatic carbocycles. The van der Waals surface area contributed by atoms with Crippen LogP contribution in [0.25, 0.3) is 0 Å². The number of hydrogen-bond donors (Lipinski definition) is 1. The predicted octanol–water partition coefficient (Wildman–Crippen LogP) is 0.734. The highest BCUT2D eigenvalue weighted by molar-refractivity contribution is 5.91. The van der Waals surface area contributed by atoms with Gasteiger partial charge < -0.3 is 14.5 Å². The molecule has 1 aromatic heterocycles. The fourth-order valence-electron chi connectivity index (χ4n) is 3.48. The topological polar surface area (TPSA) is 69.8 Å². The Bertz CT molecular complexity index is 456. The normalized spacial score (nSPS) is 30.8. The van der Waals surface area contributed by atoms with E-state index in [9.17, 15) is 9.90 Å². The van der Waals surface area contributed by atoms with E-state index in [-0.39, 0.29) is 23.8 Å². The number of aliphatic hydroxyl groups excluding tert-OH is 1. The van der Waals surface area contributed by atoms with Crippen LogP contribution in [0, 0.1) is 0 Å². The molecule has 6 nitrogen and oxygen atoms in total. The molecule has 0 bridgehead atoms. The van der Waals surface area contributed by atoms with Gasteiger partial charge in [0.2, 0.25) is 5.76 Å². The summed E-state index contributed by atoms with van der Waals surface area (Å²) in [6.45, 7) is 2.13. The van der Waals surface area contributed by atoms with Crippen molar-refractivity contribution in [2.24, 2.45) is 0 Å². The van der Waals surface area contributed by atoms with Crippen molar-refractivity contribution in [2.75, 3.05) is 20.1 Å². The highest BCUT2D eigenvalue weighted by Gasteiger charge is 2.42. The fraction of sp³-hybridized carbons (Fsp3) is 0.714. The van der Waals surface area contributed by atoms with E-state index in [1.165, 1.54) is 19.0 Å². The summed E-state index contributed by atoms with van der Waals surface area (Å²) in [5.74, 6) is 0.0120. The molecule has 2 aliphatic rings. The van der Waals surface area contributed by atoms with Crippen molar-refractivity contribution in [3.8, 4) is 0 Å². The minimum Gasteiger partial charge on any atom is -0.389 e. The minimum atomic E-state index is -0.482. The fourth-order valence-corrected chi connectivity index (χ4v) is 3.48. The number of carbonyl (C=O) groups excluding carboxylic acids is 1. The Kier molecular flexibility index (Phi) is 3.76. The molecule has 0 spiro atoms. The number of likely N-dealkylation sites (N-methyl/N-ethyl adjacent to an activating group) is 1. The third-order valence-corrected chi connectivity index (χ3v) is 4.62. The molecule has 3 rings (SSSR count). The maximum atomic E-state index is 12.2. The summed E-state index contributed by atoms with van der Waals surface area (Å²) in [6, 6.07) is 1.60. The van der Waals surface area contributed by atoms with Crippen LogP contribution in [-0.4, -0.2) is 64.3 Å². The van der Waals surface area contributed by atoms with Crippen LogP contribution in [-0.2, 0) is 0 Å². The molecule has 1 aliphatic heterocycles. The first-order valence-corrected chi connectivity index (χ1v) is 7.28. The van der Waals surface area contributed by atoms with E-state index in [0.717, 1.165) is 25.9 Å². The number of aliphatic hydroxyl groups is 1. The molecule has 2 heterocycles. The molecule has 0 aromatic carbocycles. The number of aromatic nitrogens is 1. The van der Waals surface area contributed by atoms with E-state index in [1.54, 1.807) is 18.0 Å². The van der Waals surface area contributed by atoms with Crippen LogP contribution in [0.5, 0.6) is 0 Å². The van der Waals surface area contributed by atoms with Crippen molar-refractivity contribution < 1.29 is 14.4 Å². The van der Waals surface area contributed by atoms with Gasteiger partial charge >= 0.3 is 0 Å². The van der Waals surface area contributed by atoms with E-state index >= 15 is 0 Å². The summed E-state index contributed by atoms with van der Waals surface area (Å²) in [4.78, 5) is 16.2. The van der Waals surface area contributed by atoms with Crippen LogP contribution in [0.2, 0.25) is 0 Å². The first-order valence-electron chi connectivity index (χ1n) is 7.28. The average Bonchev–Trinajstić information content (AvgIpc) is 3.18. The molecule has 0 radical (unpaired) electrons. The maximum absolute atomic E-state index is 12.2. The van der Waals surface area contributed by atoms with Gasteiger partial charge in [0.15, 0.2) is 0 Å². The summed E-state index contributed by atoms with van der Waals surface area (Å²) in [5, 5.41) is 14.1. The third-order valence-electron chi connectivity index (χ3n) is 4.62. The van der Waals surface area contributed by atoms with Gasteiger partial charge in [-0.2, -0.15) is 0 Å². The highest BCUT2D eigenvalue weighted by Crippen LogP contribution is 2.30. The number of rotatable bonds is 3. The maximum Gasteiger partial charge on any atom is 0.292 e. The molecule has 2 fully saturated rings. The SMILES string of the molecule is CN(C(=O)c1ccno1)[C@@H]1CC[C@@H](N2CCCC2)[C@@H]1O. The molecule has 0 unspecified atom stereocenters. The zero-order chi connectivity index (χ0) is 14.1. The Hall–Kier alpha value is -1.40. The van der Waals surface area contributed by atoms with Crippen LogP contribution >= 0.6 is 0 Å². The largest absolute Gasteiger partial charge is 0.389 e. The van der Waals surface area contributed by atoms with Gasteiger partial charge in [-0.3, -0.25) is 9.69 Å². The van der Waals surface area contributed by atoms with Crippen molar-refractivity contribution in [1.29, 1.82) is 0 Å². The summed E-state index contributed by atoms with van der Waals surface area (Å²) < 4.78 is 4.90. The summed E-state index contributed by atoms with van der Waals surface area (Å²) in [6.07, 6.45) is 5.17. The lowest BCUT2D eigenvalue weighted by atomic mass is 10.1. The van der Waals surface area contributed by atoms with Crippen molar-refractivity contribution >= 4 is 5.91 Å². The van der Waals surface area contributed by atoms with Gasteiger partial charge in [-0.1, -0.05) is 5.16 Å². The number of hydrogen-bond acceptors (Lipinski definition) is 5. The van der Waals surface area contributed by atoms with Gasteiger partial charge in [0, 0.05) is 19.2 Å². The molecule has 110 valence electrons. The smallest absolute Gasteiger partial charge is 0.292 e. The van der Waals surface area contributed by atoms with Gasteiger partial charge in [0.05, 0.1) is 18.3 Å². The third kappa shape index (κ3) is 2.33. The van der Waals surface area contributed by atoms with Gasteiger partial charge in [-0.05, 0) is 38.8 Å². The van der Waals surface area contributed by atoms with Crippen LogP contribution in [0.15, 0.2) is 16.8 Å². The van der Waals surface area contributed by atoms with E-state index in [1.807, 2.05) is 0 Å². The predicted molar refractivity (Wildman–Crippen MR) is 72.2 cm³/mol. The number of amides is 1. The Morgan fingerprint density at radius 3 is 2.85 bits per heavy atom. The van der Waals surface area contributed by atoms with Crippen LogP contribution < -0.4 is 0 Å². The monoisotopic (exact) mass is 279 g/mol. The van der Waals surface area contributed by atoms with Gasteiger partial charge in [-0.15, -0.1) is 0 Å². The van der Waals surface area contributed by atoms with Crippen molar-refractivity contribution in [1.82, 2.24) is 15.0 Å². The zero-order valence-electron chi connectivity index (χ0n) is 11.7. The minimum absolute atomic E-state index is 0.141. The number of likely N-dealkylation sites (tertiary alicyclic amines) is 1. The second-order valence-corrected chi connectivity index (χ2v) is 5.74. The quantitative estimate of drug-likeness (QED) is 0.883. The lowest BCUT2D eigenvalue weighted by Gasteiger charge is -2.31. The van der Waals surface area contributed by atoms with E-state index < -0.39 is 6.10 Å². The number of nitrogens with zero attached hydrogens (tertiary/aromatic N) is 3. The molecule has 1 aromatic rings. The van der Waals surface area contributed by atoms with Gasteiger partial charge in [0.25, 0.3) is 5.91 Å². The van der Waals surface area contributed by atoms with Gasteiger partial charge in [0.1, 0.15) is 0 Å². The summed E-state index contributed by atoms with van der Waals surface area (Å²) >= 11 is 0. The Labute approximate surface area is 118 Å². The number of carbonyl (C=O) groups is 1. The standard InChI is InChI=1S/C14H21N3O3/c1-16(14(19)12-6-7-15-20-12)10-4-5-11(13(10)18)17-8-2-3-9-17/h6-7,10-11,13,18H,2-5,8-9H2,1H3/t10-,11-,13-/m1/s1. The molecule has 1 N–H and O–H groups in total. The zero-order valence-corrected chi connectivity index (χ0v) is 11.7. The lowest BCUT2D eigenvalue weighted by Crippen LogP contribution is -2.48. The first kappa shape index (κ1) is 13.6. The van der Waals surface area contributed by atoms with E-state index in [2.05, 4.69) is 10.1 Å². The summed E-state index contributed by atoms with van der Waals surface area (Å²) in [7, 11) is 1.73. The van der Waals surface area contributed by atoms with Gasteiger partial charge in [-0.25, -0.2) is 0 Å². The molecule has 1 amide bonds. The first-order chi connectivity index (χ1) is 9.68. The van der Waals surface area contributed by atoms with Crippen LogP contribution in [0.4, 0.5) is 0 Å². The molecular formula is C14H21N3O3. The summed E-state index contributed by atoms with van der Waals surface area (Å²) in [5.41, 5.74) is 0. The highest BCUT2D eigenvalue weighted by atomic mass is 16.5. The molecule has 6 heteroatoms. The molecule has 3 atom stereocenters. The molecule has 1 saturated carbocycles. The molecule has 1 saturated heterocycles. The van der Waals surface area contributed by atoms with Crippen LogP contribution in [0.1, 0.15) is 36.2 Å². The van der Waals surface area contributed by atoms with Crippen molar-refractivity contribution in [3.63, 3.8) is 0 Å². The van der Waals surface area contributed by atoms with Crippen molar-refractivity contribution in [2.45, 2.75) is 43.9 Å². The second kappa shape index (κ2) is 5.54. The molecule has 20 heavy (non-hydrogen) atoms. The Balaban J connectivity index is 1.67. The lowest BCUT2D eigenvalue weighted by molar-refractivity contribution is 0.0277. The Morgan fingerprint density at radius 1 is 1.45 bits per heavy atom.